The van der Waals surface area contributed by atoms with Crippen LogP contribution in [-0.2, 0) is 10.0 Å². The van der Waals surface area contributed by atoms with Gasteiger partial charge in [-0.2, -0.15) is 8.42 Å². The Hall–Kier alpha value is -1.15. The number of anilines is 1. The van der Waals surface area contributed by atoms with Crippen LogP contribution >= 0.6 is 12.4 Å². The first-order valence-corrected chi connectivity index (χ1v) is 8.90. The average Bonchev–Trinajstić information content (AvgIpc) is 2.42. The Kier molecular flexibility index (Phi) is 5.06. The van der Waals surface area contributed by atoms with Crippen LogP contribution in [0.25, 0.3) is 0 Å². The summed E-state index contributed by atoms with van der Waals surface area (Å²) in [5, 5.41) is 3.14. The molecule has 1 unspecified atom stereocenters. The highest BCUT2D eigenvalue weighted by Gasteiger charge is 2.34. The third kappa shape index (κ3) is 3.68. The van der Waals surface area contributed by atoms with E-state index in [0.29, 0.717) is 18.1 Å². The molecule has 3 rings (SSSR count). The van der Waals surface area contributed by atoms with Crippen molar-refractivity contribution < 1.29 is 8.42 Å². The van der Waals surface area contributed by atoms with E-state index in [1.165, 1.54) is 0 Å². The van der Waals surface area contributed by atoms with Gasteiger partial charge in [0.2, 0.25) is 0 Å². The van der Waals surface area contributed by atoms with Gasteiger partial charge in [-0.15, -0.1) is 16.8 Å². The molecule has 2 aliphatic rings. The van der Waals surface area contributed by atoms with Gasteiger partial charge in [0.15, 0.2) is 0 Å². The smallest absolute Gasteiger partial charge is 0.286 e. The van der Waals surface area contributed by atoms with E-state index in [9.17, 15) is 8.42 Å². The van der Waals surface area contributed by atoms with Crippen molar-refractivity contribution in [2.24, 2.45) is 15.5 Å². The Morgan fingerprint density at radius 1 is 1.39 bits per heavy atom. The second kappa shape index (κ2) is 6.39. The molecule has 0 amide bonds. The van der Waals surface area contributed by atoms with Crippen LogP contribution < -0.4 is 11.1 Å². The standard InChI is InChI=1S/C15H22N4O2S.ClH/c1-15(2)10-19(8-7-13(15)16)9-14-17-11-5-3-4-6-12(11)22(20,21)18-14;/h3-6,13H,7-10,16H2,1-2H3,(H,17,18);1H. The van der Waals surface area contributed by atoms with Gasteiger partial charge in [-0.05, 0) is 24.0 Å². The lowest BCUT2D eigenvalue weighted by molar-refractivity contribution is 0.108. The number of halogens is 1. The van der Waals surface area contributed by atoms with Crippen LogP contribution in [0.3, 0.4) is 0 Å². The number of para-hydroxylation sites is 1. The molecule has 1 atom stereocenters. The van der Waals surface area contributed by atoms with Crippen molar-refractivity contribution in [3.05, 3.63) is 24.3 Å². The van der Waals surface area contributed by atoms with Gasteiger partial charge in [0.1, 0.15) is 10.7 Å². The van der Waals surface area contributed by atoms with E-state index in [4.69, 9.17) is 5.73 Å². The van der Waals surface area contributed by atoms with E-state index < -0.39 is 10.0 Å². The second-order valence-electron chi connectivity index (χ2n) is 6.73. The van der Waals surface area contributed by atoms with Crippen LogP contribution in [0.1, 0.15) is 20.3 Å². The molecule has 3 N–H and O–H groups in total. The fraction of sp³-hybridized carbons (Fsp3) is 0.533. The van der Waals surface area contributed by atoms with E-state index in [2.05, 4.69) is 28.5 Å². The highest BCUT2D eigenvalue weighted by Crippen LogP contribution is 2.29. The molecule has 1 aromatic rings. The number of amidine groups is 1. The molecule has 1 aromatic carbocycles. The molecule has 0 radical (unpaired) electrons. The summed E-state index contributed by atoms with van der Waals surface area (Å²) < 4.78 is 28.4. The number of likely N-dealkylation sites (tertiary alicyclic amines) is 1. The highest BCUT2D eigenvalue weighted by molar-refractivity contribution is 7.90. The van der Waals surface area contributed by atoms with Crippen molar-refractivity contribution in [1.29, 1.82) is 0 Å². The molecule has 0 aromatic heterocycles. The zero-order valence-electron chi connectivity index (χ0n) is 13.3. The highest BCUT2D eigenvalue weighted by atomic mass is 35.5. The van der Waals surface area contributed by atoms with Gasteiger partial charge in [0.25, 0.3) is 10.0 Å². The monoisotopic (exact) mass is 358 g/mol. The number of fused-ring (bicyclic) bond motifs is 1. The van der Waals surface area contributed by atoms with Crippen LogP contribution in [0.4, 0.5) is 5.69 Å². The molecule has 6 nitrogen and oxygen atoms in total. The molecular weight excluding hydrogens is 336 g/mol. The van der Waals surface area contributed by atoms with Gasteiger partial charge in [0, 0.05) is 19.1 Å². The lowest BCUT2D eigenvalue weighted by Crippen LogP contribution is -2.53. The first kappa shape index (κ1) is 18.2. The molecule has 23 heavy (non-hydrogen) atoms. The van der Waals surface area contributed by atoms with Crippen molar-refractivity contribution in [2.75, 3.05) is 25.0 Å². The van der Waals surface area contributed by atoms with Crippen molar-refractivity contribution in [2.45, 2.75) is 31.2 Å². The molecule has 0 aliphatic carbocycles. The summed E-state index contributed by atoms with van der Waals surface area (Å²) in [6.07, 6.45) is 0.906. The molecule has 1 saturated heterocycles. The van der Waals surface area contributed by atoms with Crippen molar-refractivity contribution in [3.8, 4) is 0 Å². The second-order valence-corrected chi connectivity index (χ2v) is 8.30. The zero-order valence-corrected chi connectivity index (χ0v) is 15.0. The van der Waals surface area contributed by atoms with Gasteiger partial charge >= 0.3 is 0 Å². The minimum atomic E-state index is -3.61. The van der Waals surface area contributed by atoms with Crippen LogP contribution in [-0.4, -0.2) is 44.8 Å². The van der Waals surface area contributed by atoms with Gasteiger partial charge < -0.3 is 11.1 Å². The Balaban J connectivity index is 0.00000192. The quantitative estimate of drug-likeness (QED) is 0.839. The SMILES string of the molecule is CC1(C)CN(CC2=NS(=O)(=O)c3ccccc3N2)CCC1N.Cl. The van der Waals surface area contributed by atoms with Gasteiger partial charge in [-0.1, -0.05) is 26.0 Å². The fourth-order valence-electron chi connectivity index (χ4n) is 3.07. The third-order valence-corrected chi connectivity index (χ3v) is 5.81. The normalized spacial score (nSPS) is 25.5. The molecule has 2 aliphatic heterocycles. The predicted octanol–water partition coefficient (Wildman–Crippen LogP) is 1.68. The van der Waals surface area contributed by atoms with Crippen molar-refractivity contribution in [1.82, 2.24) is 4.90 Å². The summed E-state index contributed by atoms with van der Waals surface area (Å²) in [4.78, 5) is 2.44. The summed E-state index contributed by atoms with van der Waals surface area (Å²) >= 11 is 0. The van der Waals surface area contributed by atoms with E-state index in [1.807, 2.05) is 6.07 Å². The molecular formula is C15H23ClN4O2S. The Labute approximate surface area is 143 Å². The minimum Gasteiger partial charge on any atom is -0.341 e. The molecule has 0 saturated carbocycles. The number of hydrogen-bond donors (Lipinski definition) is 2. The number of hydrogen-bond acceptors (Lipinski definition) is 5. The molecule has 128 valence electrons. The summed E-state index contributed by atoms with van der Waals surface area (Å²) in [6.45, 7) is 6.46. The predicted molar refractivity (Wildman–Crippen MR) is 94.7 cm³/mol. The lowest BCUT2D eigenvalue weighted by Gasteiger charge is -2.42. The van der Waals surface area contributed by atoms with E-state index in [-0.39, 0.29) is 28.8 Å². The van der Waals surface area contributed by atoms with Crippen molar-refractivity contribution >= 4 is 34.0 Å². The number of benzene rings is 1. The molecule has 0 spiro atoms. The Morgan fingerprint density at radius 3 is 2.78 bits per heavy atom. The Bertz CT molecular complexity index is 718. The summed E-state index contributed by atoms with van der Waals surface area (Å²) in [7, 11) is -3.61. The summed E-state index contributed by atoms with van der Waals surface area (Å²) in [6, 6.07) is 7.02. The summed E-state index contributed by atoms with van der Waals surface area (Å²) in [5.74, 6) is 0.477. The van der Waals surface area contributed by atoms with Gasteiger partial charge in [0.05, 0.1) is 12.2 Å². The maximum absolute atomic E-state index is 12.2. The number of rotatable bonds is 2. The fourth-order valence-corrected chi connectivity index (χ4v) is 4.21. The molecule has 0 bridgehead atoms. The van der Waals surface area contributed by atoms with E-state index in [0.717, 1.165) is 19.5 Å². The number of sulfonamides is 1. The first-order valence-electron chi connectivity index (χ1n) is 7.46. The maximum atomic E-state index is 12.2. The van der Waals surface area contributed by atoms with Gasteiger partial charge in [-0.25, -0.2) is 0 Å². The largest absolute Gasteiger partial charge is 0.341 e. The van der Waals surface area contributed by atoms with Gasteiger partial charge in [-0.3, -0.25) is 4.90 Å². The van der Waals surface area contributed by atoms with Crippen LogP contribution in [0.2, 0.25) is 0 Å². The van der Waals surface area contributed by atoms with Crippen molar-refractivity contribution in [3.63, 3.8) is 0 Å². The number of nitrogens with two attached hydrogens (primary N) is 1. The zero-order chi connectivity index (χ0) is 16.0. The number of nitrogens with one attached hydrogen (secondary N) is 1. The van der Waals surface area contributed by atoms with E-state index in [1.54, 1.807) is 18.2 Å². The summed E-state index contributed by atoms with van der Waals surface area (Å²) in [5.41, 5.74) is 6.76. The minimum absolute atomic E-state index is 0. The maximum Gasteiger partial charge on any atom is 0.286 e. The molecule has 8 heteroatoms. The third-order valence-electron chi connectivity index (χ3n) is 4.44. The van der Waals surface area contributed by atoms with Crippen LogP contribution in [0.5, 0.6) is 0 Å². The first-order chi connectivity index (χ1) is 10.3. The topological polar surface area (TPSA) is 87.8 Å². The van der Waals surface area contributed by atoms with Crippen LogP contribution in [0.15, 0.2) is 33.6 Å². The van der Waals surface area contributed by atoms with Crippen LogP contribution in [0, 0.1) is 5.41 Å². The molecule has 1 fully saturated rings. The average molecular weight is 359 g/mol. The number of nitrogens with zero attached hydrogens (tertiary/aromatic N) is 2. The number of piperidine rings is 1. The van der Waals surface area contributed by atoms with E-state index >= 15 is 0 Å². The molecule has 2 heterocycles. The lowest BCUT2D eigenvalue weighted by atomic mass is 9.80. The Morgan fingerprint density at radius 2 is 2.09 bits per heavy atom.